The largest absolute Gasteiger partial charge is 0.325 e. The summed E-state index contributed by atoms with van der Waals surface area (Å²) in [5.41, 5.74) is 6.10. The molecule has 15 heavy (non-hydrogen) atoms. The number of nitrogens with two attached hydrogens (primary N) is 1. The highest BCUT2D eigenvalue weighted by Crippen LogP contribution is 2.22. The van der Waals surface area contributed by atoms with Crippen LogP contribution in [0.25, 0.3) is 0 Å². The first kappa shape index (κ1) is 10.6. The van der Waals surface area contributed by atoms with Crippen LogP contribution in [0.4, 0.5) is 0 Å². The maximum atomic E-state index is 11.4. The summed E-state index contributed by atoms with van der Waals surface area (Å²) in [4.78, 5) is 0. The average molecular weight is 230 g/mol. The lowest BCUT2D eigenvalue weighted by molar-refractivity contribution is 0.426. The van der Waals surface area contributed by atoms with Crippen molar-refractivity contribution >= 4 is 9.84 Å². The summed E-state index contributed by atoms with van der Waals surface area (Å²) >= 11 is 0. The summed E-state index contributed by atoms with van der Waals surface area (Å²) in [5, 5.41) is 7.75. The maximum absolute atomic E-state index is 11.4. The van der Waals surface area contributed by atoms with Crippen LogP contribution in [-0.4, -0.2) is 34.9 Å². The molecule has 0 spiro atoms. The quantitative estimate of drug-likeness (QED) is 0.738. The van der Waals surface area contributed by atoms with E-state index in [9.17, 15) is 8.42 Å². The third-order valence-electron chi connectivity index (χ3n) is 2.58. The molecule has 0 radical (unpaired) electrons. The first-order valence-electron chi connectivity index (χ1n) is 4.92. The van der Waals surface area contributed by atoms with Crippen molar-refractivity contribution in [1.82, 2.24) is 15.0 Å². The summed E-state index contributed by atoms with van der Waals surface area (Å²) in [6.07, 6.45) is 3.27. The van der Waals surface area contributed by atoms with E-state index in [4.69, 9.17) is 5.73 Å². The highest BCUT2D eigenvalue weighted by Gasteiger charge is 2.26. The molecule has 84 valence electrons. The van der Waals surface area contributed by atoms with Crippen molar-refractivity contribution in [1.29, 1.82) is 0 Å². The molecule has 1 fully saturated rings. The second-order valence-electron chi connectivity index (χ2n) is 3.80. The lowest BCUT2D eigenvalue weighted by atomic mass is 10.2. The zero-order chi connectivity index (χ0) is 10.9. The van der Waals surface area contributed by atoms with Gasteiger partial charge in [-0.25, -0.2) is 13.1 Å². The molecule has 6 nitrogen and oxygen atoms in total. The van der Waals surface area contributed by atoms with Crippen molar-refractivity contribution in [2.75, 3.05) is 11.5 Å². The van der Waals surface area contributed by atoms with E-state index < -0.39 is 9.84 Å². The van der Waals surface area contributed by atoms with Gasteiger partial charge in [-0.05, 0) is 12.8 Å². The molecule has 1 unspecified atom stereocenters. The van der Waals surface area contributed by atoms with Crippen LogP contribution in [0.3, 0.4) is 0 Å². The van der Waals surface area contributed by atoms with Crippen molar-refractivity contribution in [2.45, 2.75) is 25.4 Å². The molecule has 0 saturated carbocycles. The van der Waals surface area contributed by atoms with Gasteiger partial charge in [-0.1, -0.05) is 5.21 Å². The average Bonchev–Trinajstić information content (AvgIpc) is 2.64. The Bertz CT molecular complexity index is 439. The molecule has 1 aromatic rings. The van der Waals surface area contributed by atoms with Crippen LogP contribution in [0.2, 0.25) is 0 Å². The van der Waals surface area contributed by atoms with Gasteiger partial charge in [-0.15, -0.1) is 5.10 Å². The van der Waals surface area contributed by atoms with Crippen molar-refractivity contribution in [3.05, 3.63) is 11.9 Å². The standard InChI is InChI=1S/C8H14N4O2S/c9-4-7-5-12(11-10-7)8-2-1-3-15(13,14)6-8/h5,8H,1-4,6,9H2. The van der Waals surface area contributed by atoms with Crippen molar-refractivity contribution in [3.63, 3.8) is 0 Å². The molecule has 7 heteroatoms. The number of hydrogen-bond donors (Lipinski definition) is 1. The Labute approximate surface area is 88.4 Å². The van der Waals surface area contributed by atoms with Gasteiger partial charge in [0.25, 0.3) is 0 Å². The number of aromatic nitrogens is 3. The molecule has 0 aromatic carbocycles. The highest BCUT2D eigenvalue weighted by molar-refractivity contribution is 7.91. The van der Waals surface area contributed by atoms with Crippen LogP contribution >= 0.6 is 0 Å². The Morgan fingerprint density at radius 1 is 1.60 bits per heavy atom. The molecule has 1 saturated heterocycles. The molecule has 2 heterocycles. The Balaban J connectivity index is 2.17. The van der Waals surface area contributed by atoms with Gasteiger partial charge >= 0.3 is 0 Å². The molecule has 1 aliphatic heterocycles. The second kappa shape index (κ2) is 3.90. The Hall–Kier alpha value is -0.950. The summed E-state index contributed by atoms with van der Waals surface area (Å²) in [5.74, 6) is 0.461. The molecule has 1 aliphatic rings. The summed E-state index contributed by atoms with van der Waals surface area (Å²) in [6.45, 7) is 0.333. The van der Waals surface area contributed by atoms with Crippen LogP contribution in [0, 0.1) is 0 Å². The van der Waals surface area contributed by atoms with Crippen molar-refractivity contribution < 1.29 is 8.42 Å². The number of rotatable bonds is 2. The lowest BCUT2D eigenvalue weighted by Gasteiger charge is -2.21. The molecule has 2 N–H and O–H groups in total. The smallest absolute Gasteiger partial charge is 0.152 e. The second-order valence-corrected chi connectivity index (χ2v) is 6.03. The first-order valence-corrected chi connectivity index (χ1v) is 6.74. The molecule has 0 bridgehead atoms. The number of hydrogen-bond acceptors (Lipinski definition) is 5. The first-order chi connectivity index (χ1) is 7.11. The van der Waals surface area contributed by atoms with Crippen molar-refractivity contribution in [3.8, 4) is 0 Å². The Kier molecular flexibility index (Phi) is 2.74. The molecule has 1 aromatic heterocycles. The monoisotopic (exact) mass is 230 g/mol. The van der Waals surface area contributed by atoms with Gasteiger partial charge in [0, 0.05) is 6.54 Å². The zero-order valence-corrected chi connectivity index (χ0v) is 9.15. The van der Waals surface area contributed by atoms with E-state index >= 15 is 0 Å². The minimum Gasteiger partial charge on any atom is -0.325 e. The van der Waals surface area contributed by atoms with Crippen LogP contribution < -0.4 is 5.73 Å². The Morgan fingerprint density at radius 3 is 3.00 bits per heavy atom. The van der Waals surface area contributed by atoms with Gasteiger partial charge in [0.1, 0.15) is 0 Å². The normalized spacial score (nSPS) is 25.3. The number of sulfone groups is 1. The number of nitrogens with zero attached hydrogens (tertiary/aromatic N) is 3. The molecule has 0 amide bonds. The predicted octanol–water partition coefficient (Wildman–Crippen LogP) is -0.514. The highest BCUT2D eigenvalue weighted by atomic mass is 32.2. The fourth-order valence-corrected chi connectivity index (χ4v) is 3.47. The van der Waals surface area contributed by atoms with E-state index in [0.717, 1.165) is 6.42 Å². The van der Waals surface area contributed by atoms with Crippen LogP contribution in [0.15, 0.2) is 6.20 Å². The van der Waals surface area contributed by atoms with Crippen LogP contribution in [0.1, 0.15) is 24.6 Å². The van der Waals surface area contributed by atoms with Gasteiger partial charge in [-0.3, -0.25) is 0 Å². The Morgan fingerprint density at radius 2 is 2.40 bits per heavy atom. The fourth-order valence-electron chi connectivity index (χ4n) is 1.79. The molecule has 2 rings (SSSR count). The summed E-state index contributed by atoms with van der Waals surface area (Å²) in [7, 11) is -2.90. The SMILES string of the molecule is NCc1cn(C2CCCS(=O)(=O)C2)nn1. The van der Waals surface area contributed by atoms with Gasteiger partial charge in [-0.2, -0.15) is 0 Å². The van der Waals surface area contributed by atoms with Gasteiger partial charge in [0.15, 0.2) is 9.84 Å². The molecular formula is C8H14N4O2S. The van der Waals surface area contributed by atoms with E-state index in [-0.39, 0.29) is 11.8 Å². The molecule has 0 aliphatic carbocycles. The van der Waals surface area contributed by atoms with Gasteiger partial charge in [0.2, 0.25) is 0 Å². The van der Waals surface area contributed by atoms with Crippen LogP contribution in [-0.2, 0) is 16.4 Å². The summed E-state index contributed by atoms with van der Waals surface area (Å²) < 4.78 is 24.5. The van der Waals surface area contributed by atoms with E-state index in [1.54, 1.807) is 10.9 Å². The fraction of sp³-hybridized carbons (Fsp3) is 0.750. The lowest BCUT2D eigenvalue weighted by Crippen LogP contribution is -2.27. The predicted molar refractivity (Wildman–Crippen MR) is 54.8 cm³/mol. The third-order valence-corrected chi connectivity index (χ3v) is 4.38. The maximum Gasteiger partial charge on any atom is 0.152 e. The van der Waals surface area contributed by atoms with Crippen molar-refractivity contribution in [2.24, 2.45) is 5.73 Å². The van der Waals surface area contributed by atoms with Gasteiger partial charge in [0.05, 0.1) is 29.4 Å². The summed E-state index contributed by atoms with van der Waals surface area (Å²) in [6, 6.07) is -0.0726. The van der Waals surface area contributed by atoms with E-state index in [1.807, 2.05) is 0 Å². The minimum atomic E-state index is -2.90. The van der Waals surface area contributed by atoms with Crippen LogP contribution in [0.5, 0.6) is 0 Å². The van der Waals surface area contributed by atoms with E-state index in [0.29, 0.717) is 24.4 Å². The van der Waals surface area contributed by atoms with Gasteiger partial charge < -0.3 is 5.73 Å². The van der Waals surface area contributed by atoms with E-state index in [1.165, 1.54) is 0 Å². The molecule has 1 atom stereocenters. The van der Waals surface area contributed by atoms with E-state index in [2.05, 4.69) is 10.3 Å². The minimum absolute atomic E-state index is 0.0726. The molecular weight excluding hydrogens is 216 g/mol. The zero-order valence-electron chi connectivity index (χ0n) is 8.33. The topological polar surface area (TPSA) is 90.9 Å². The third kappa shape index (κ3) is 2.35.